The third-order valence-corrected chi connectivity index (χ3v) is 6.28. The summed E-state index contributed by atoms with van der Waals surface area (Å²) < 4.78 is 27.8. The first-order valence-corrected chi connectivity index (χ1v) is 11.9. The van der Waals surface area contributed by atoms with Gasteiger partial charge in [-0.1, -0.05) is 35.4 Å². The van der Waals surface area contributed by atoms with Crippen LogP contribution in [0, 0.1) is 32.4 Å². The molecule has 4 rings (SSSR count). The van der Waals surface area contributed by atoms with Gasteiger partial charge in [0.15, 0.2) is 0 Å². The molecule has 1 aromatic heterocycles. The maximum absolute atomic E-state index is 13.9. The number of nitrogens with zero attached hydrogens (tertiary/aromatic N) is 3. The normalized spacial score (nSPS) is 14.0. The third kappa shape index (κ3) is 5.84. The van der Waals surface area contributed by atoms with E-state index in [0.29, 0.717) is 49.6 Å². The largest absolute Gasteiger partial charge is 0.348 e. The van der Waals surface area contributed by atoms with Crippen LogP contribution in [-0.4, -0.2) is 39.9 Å². The Hall–Kier alpha value is -3.88. The Morgan fingerprint density at radius 3 is 2.31 bits per heavy atom. The van der Waals surface area contributed by atoms with Crippen molar-refractivity contribution in [2.24, 2.45) is 0 Å². The number of amides is 3. The van der Waals surface area contributed by atoms with E-state index in [1.807, 2.05) is 26.0 Å². The number of carbonyl (C=O) groups is 2. The van der Waals surface area contributed by atoms with Crippen molar-refractivity contribution in [2.75, 3.05) is 18.4 Å². The van der Waals surface area contributed by atoms with E-state index in [9.17, 15) is 18.4 Å². The summed E-state index contributed by atoms with van der Waals surface area (Å²) in [4.78, 5) is 36.0. The van der Waals surface area contributed by atoms with E-state index in [1.54, 1.807) is 13.1 Å². The van der Waals surface area contributed by atoms with Crippen LogP contribution in [0.2, 0.25) is 0 Å². The van der Waals surface area contributed by atoms with Gasteiger partial charge in [0.05, 0.1) is 11.3 Å². The zero-order valence-electron chi connectivity index (χ0n) is 20.6. The van der Waals surface area contributed by atoms with E-state index < -0.39 is 23.4 Å². The van der Waals surface area contributed by atoms with Crippen LogP contribution in [0.5, 0.6) is 0 Å². The lowest BCUT2D eigenvalue weighted by molar-refractivity contribution is 0.0947. The molecule has 0 saturated carbocycles. The van der Waals surface area contributed by atoms with Crippen LogP contribution in [-0.2, 0) is 6.54 Å². The zero-order valence-corrected chi connectivity index (χ0v) is 20.6. The Bertz CT molecular complexity index is 1250. The Balaban J connectivity index is 1.42. The number of anilines is 1. The van der Waals surface area contributed by atoms with Crippen LogP contribution in [0.4, 0.5) is 19.3 Å². The second-order valence-electron chi connectivity index (χ2n) is 9.18. The van der Waals surface area contributed by atoms with Crippen molar-refractivity contribution in [1.29, 1.82) is 0 Å². The molecule has 7 nitrogen and oxygen atoms in total. The lowest BCUT2D eigenvalue weighted by Gasteiger charge is -2.32. The molecule has 3 amide bonds. The first kappa shape index (κ1) is 25.2. The predicted octanol–water partition coefficient (Wildman–Crippen LogP) is 5.02. The van der Waals surface area contributed by atoms with Crippen molar-refractivity contribution in [2.45, 2.75) is 46.1 Å². The molecule has 1 aliphatic rings. The molecule has 36 heavy (non-hydrogen) atoms. The number of piperidine rings is 1. The molecular formula is C27H29F2N5O2. The lowest BCUT2D eigenvalue weighted by atomic mass is 9.90. The fourth-order valence-corrected chi connectivity index (χ4v) is 4.58. The monoisotopic (exact) mass is 493 g/mol. The molecule has 1 fully saturated rings. The minimum absolute atomic E-state index is 0.0529. The number of urea groups is 1. The Morgan fingerprint density at radius 1 is 1.03 bits per heavy atom. The molecule has 0 atom stereocenters. The number of benzene rings is 2. The third-order valence-electron chi connectivity index (χ3n) is 6.28. The summed E-state index contributed by atoms with van der Waals surface area (Å²) in [6, 6.07) is 9.01. The predicted molar refractivity (Wildman–Crippen MR) is 133 cm³/mol. The van der Waals surface area contributed by atoms with Gasteiger partial charge in [0.25, 0.3) is 5.91 Å². The molecule has 0 radical (unpaired) electrons. The van der Waals surface area contributed by atoms with E-state index in [1.165, 1.54) is 11.0 Å². The number of likely N-dealkylation sites (tertiary alicyclic amines) is 1. The van der Waals surface area contributed by atoms with Gasteiger partial charge in [-0.15, -0.1) is 0 Å². The summed E-state index contributed by atoms with van der Waals surface area (Å²) in [7, 11) is 0. The second kappa shape index (κ2) is 10.8. The van der Waals surface area contributed by atoms with Crippen LogP contribution in [0.15, 0.2) is 42.6 Å². The summed E-state index contributed by atoms with van der Waals surface area (Å²) in [5.74, 6) is -1.40. The maximum atomic E-state index is 13.9. The maximum Gasteiger partial charge on any atom is 0.322 e. The van der Waals surface area contributed by atoms with Crippen molar-refractivity contribution in [1.82, 2.24) is 20.2 Å². The molecule has 0 unspecified atom stereocenters. The number of hydrogen-bond donors (Lipinski definition) is 2. The van der Waals surface area contributed by atoms with Gasteiger partial charge in [-0.3, -0.25) is 4.79 Å². The molecule has 2 heterocycles. The standard InChI is InChI=1S/C27H29F2N5O2/c1-16-11-17(2)13-19(12-16)14-31-26(35)21-15-30-18(3)32-24(21)20-7-9-34(10-8-20)27(36)33-25-22(28)5-4-6-23(25)29/h4-6,11-13,15,20H,7-10,14H2,1-3H3,(H,31,35)(H,33,36). The number of rotatable bonds is 5. The van der Waals surface area contributed by atoms with Crippen LogP contribution < -0.4 is 10.6 Å². The quantitative estimate of drug-likeness (QED) is 0.523. The fraction of sp³-hybridized carbons (Fsp3) is 0.333. The summed E-state index contributed by atoms with van der Waals surface area (Å²) in [5.41, 5.74) is 3.89. The minimum atomic E-state index is -0.828. The van der Waals surface area contributed by atoms with Crippen molar-refractivity contribution >= 4 is 17.6 Å². The van der Waals surface area contributed by atoms with Crippen molar-refractivity contribution in [3.05, 3.63) is 88.0 Å². The Kier molecular flexibility index (Phi) is 7.57. The molecule has 2 aromatic carbocycles. The van der Waals surface area contributed by atoms with Crippen LogP contribution in [0.3, 0.4) is 0 Å². The van der Waals surface area contributed by atoms with Crippen molar-refractivity contribution in [3.8, 4) is 0 Å². The van der Waals surface area contributed by atoms with Gasteiger partial charge >= 0.3 is 6.03 Å². The number of nitrogens with one attached hydrogen (secondary N) is 2. The van der Waals surface area contributed by atoms with E-state index >= 15 is 0 Å². The number of aromatic nitrogens is 2. The second-order valence-corrected chi connectivity index (χ2v) is 9.18. The van der Waals surface area contributed by atoms with Gasteiger partial charge in [-0.25, -0.2) is 23.5 Å². The Morgan fingerprint density at radius 2 is 1.67 bits per heavy atom. The highest BCUT2D eigenvalue weighted by Crippen LogP contribution is 2.30. The molecule has 3 aromatic rings. The number of halogens is 2. The Labute approximate surface area is 209 Å². The van der Waals surface area contributed by atoms with Gasteiger partial charge < -0.3 is 15.5 Å². The molecule has 1 aliphatic heterocycles. The van der Waals surface area contributed by atoms with E-state index in [0.717, 1.165) is 28.8 Å². The number of carbonyl (C=O) groups excluding carboxylic acids is 2. The fourth-order valence-electron chi connectivity index (χ4n) is 4.58. The average molecular weight is 494 g/mol. The first-order valence-electron chi connectivity index (χ1n) is 11.9. The molecule has 0 bridgehead atoms. The van der Waals surface area contributed by atoms with Crippen molar-refractivity contribution < 1.29 is 18.4 Å². The summed E-state index contributed by atoms with van der Waals surface area (Å²) >= 11 is 0. The van der Waals surface area contributed by atoms with Crippen LogP contribution in [0.25, 0.3) is 0 Å². The van der Waals surface area contributed by atoms with Crippen molar-refractivity contribution in [3.63, 3.8) is 0 Å². The topological polar surface area (TPSA) is 87.2 Å². The highest BCUT2D eigenvalue weighted by atomic mass is 19.1. The average Bonchev–Trinajstić information content (AvgIpc) is 2.84. The van der Waals surface area contributed by atoms with Crippen LogP contribution in [0.1, 0.15) is 57.3 Å². The summed E-state index contributed by atoms with van der Waals surface area (Å²) in [6.45, 7) is 6.91. The summed E-state index contributed by atoms with van der Waals surface area (Å²) in [6.07, 6.45) is 2.66. The molecule has 0 spiro atoms. The van der Waals surface area contributed by atoms with Gasteiger partial charge in [-0.05, 0) is 51.3 Å². The highest BCUT2D eigenvalue weighted by Gasteiger charge is 2.29. The number of hydrogen-bond acceptors (Lipinski definition) is 4. The molecular weight excluding hydrogens is 464 g/mol. The molecule has 0 aliphatic carbocycles. The molecule has 188 valence electrons. The summed E-state index contributed by atoms with van der Waals surface area (Å²) in [5, 5.41) is 5.30. The highest BCUT2D eigenvalue weighted by molar-refractivity contribution is 5.95. The van der Waals surface area contributed by atoms with Gasteiger partial charge in [-0.2, -0.15) is 0 Å². The van der Waals surface area contributed by atoms with Gasteiger partial charge in [0.2, 0.25) is 0 Å². The van der Waals surface area contributed by atoms with E-state index in [-0.39, 0.29) is 11.8 Å². The smallest absolute Gasteiger partial charge is 0.322 e. The van der Waals surface area contributed by atoms with E-state index in [4.69, 9.17) is 0 Å². The molecule has 2 N–H and O–H groups in total. The number of aryl methyl sites for hydroxylation is 3. The lowest BCUT2D eigenvalue weighted by Crippen LogP contribution is -2.41. The van der Waals surface area contributed by atoms with Crippen LogP contribution >= 0.6 is 0 Å². The van der Waals surface area contributed by atoms with Gasteiger partial charge in [0, 0.05) is 31.7 Å². The van der Waals surface area contributed by atoms with E-state index in [2.05, 4.69) is 26.7 Å². The number of para-hydroxylation sites is 1. The van der Waals surface area contributed by atoms with Gasteiger partial charge in [0.1, 0.15) is 23.1 Å². The first-order chi connectivity index (χ1) is 17.2. The zero-order chi connectivity index (χ0) is 25.8. The molecule has 1 saturated heterocycles. The minimum Gasteiger partial charge on any atom is -0.348 e. The SMILES string of the molecule is Cc1cc(C)cc(CNC(=O)c2cnc(C)nc2C2CCN(C(=O)Nc3c(F)cccc3F)CC2)c1. The molecule has 9 heteroatoms.